The van der Waals surface area contributed by atoms with E-state index in [1.807, 2.05) is 79.7 Å². The van der Waals surface area contributed by atoms with Crippen LogP contribution in [0.2, 0.25) is 0 Å². The Bertz CT molecular complexity index is 692. The van der Waals surface area contributed by atoms with Gasteiger partial charge in [-0.15, -0.1) is 0 Å². The molecule has 0 N–H and O–H groups in total. The van der Waals surface area contributed by atoms with Gasteiger partial charge in [0.25, 0.3) is 0 Å². The standard InChI is InChI=1S/C18H15N3/c1-2-9-16-19-17(14-10-5-3-6-11-14)21-18(20-16)15-12-7-4-8-13-15/h2-13H,1H3/b9-2+. The number of aromatic nitrogens is 3. The summed E-state index contributed by atoms with van der Waals surface area (Å²) in [5, 5.41) is 0. The second kappa shape index (κ2) is 6.09. The lowest BCUT2D eigenvalue weighted by Crippen LogP contribution is -1.99. The quantitative estimate of drug-likeness (QED) is 0.716. The molecule has 0 aliphatic carbocycles. The van der Waals surface area contributed by atoms with Crippen LogP contribution in [0.4, 0.5) is 0 Å². The van der Waals surface area contributed by atoms with Crippen LogP contribution in [0.5, 0.6) is 0 Å². The molecular weight excluding hydrogens is 258 g/mol. The van der Waals surface area contributed by atoms with Crippen molar-refractivity contribution in [3.8, 4) is 22.8 Å². The van der Waals surface area contributed by atoms with Crippen LogP contribution in [0.15, 0.2) is 66.7 Å². The monoisotopic (exact) mass is 273 g/mol. The minimum Gasteiger partial charge on any atom is -0.209 e. The van der Waals surface area contributed by atoms with E-state index in [1.54, 1.807) is 0 Å². The molecule has 1 aromatic heterocycles. The summed E-state index contributed by atoms with van der Waals surface area (Å²) in [7, 11) is 0. The summed E-state index contributed by atoms with van der Waals surface area (Å²) in [6, 6.07) is 19.9. The first-order valence-corrected chi connectivity index (χ1v) is 6.86. The molecule has 0 spiro atoms. The molecule has 0 radical (unpaired) electrons. The number of hydrogen-bond acceptors (Lipinski definition) is 3. The maximum absolute atomic E-state index is 4.60. The first kappa shape index (κ1) is 13.2. The van der Waals surface area contributed by atoms with Crippen molar-refractivity contribution in [1.29, 1.82) is 0 Å². The molecule has 0 unspecified atom stereocenters. The number of allylic oxidation sites excluding steroid dienone is 1. The van der Waals surface area contributed by atoms with E-state index >= 15 is 0 Å². The lowest BCUT2D eigenvalue weighted by molar-refractivity contribution is 1.04. The highest BCUT2D eigenvalue weighted by Crippen LogP contribution is 2.20. The van der Waals surface area contributed by atoms with Crippen LogP contribution >= 0.6 is 0 Å². The summed E-state index contributed by atoms with van der Waals surface area (Å²) >= 11 is 0. The highest BCUT2D eigenvalue weighted by Gasteiger charge is 2.08. The Morgan fingerprint density at radius 1 is 0.667 bits per heavy atom. The average molecular weight is 273 g/mol. The first-order valence-electron chi connectivity index (χ1n) is 6.86. The fourth-order valence-corrected chi connectivity index (χ4v) is 2.05. The molecule has 0 saturated carbocycles. The van der Waals surface area contributed by atoms with Gasteiger partial charge in [0.15, 0.2) is 17.5 Å². The summed E-state index contributed by atoms with van der Waals surface area (Å²) in [6.07, 6.45) is 3.82. The largest absolute Gasteiger partial charge is 0.209 e. The molecule has 0 bridgehead atoms. The molecule has 0 fully saturated rings. The number of hydrogen-bond donors (Lipinski definition) is 0. The van der Waals surface area contributed by atoms with Crippen LogP contribution in [0.25, 0.3) is 28.9 Å². The summed E-state index contributed by atoms with van der Waals surface area (Å²) in [4.78, 5) is 13.6. The molecule has 2 aromatic carbocycles. The van der Waals surface area contributed by atoms with Crippen molar-refractivity contribution in [1.82, 2.24) is 15.0 Å². The Morgan fingerprint density at radius 2 is 1.14 bits per heavy atom. The highest BCUT2D eigenvalue weighted by atomic mass is 15.0. The van der Waals surface area contributed by atoms with Gasteiger partial charge in [-0.25, -0.2) is 15.0 Å². The molecule has 0 aliphatic heterocycles. The van der Waals surface area contributed by atoms with Gasteiger partial charge in [0.1, 0.15) is 0 Å². The van der Waals surface area contributed by atoms with Crippen LogP contribution in [-0.2, 0) is 0 Å². The van der Waals surface area contributed by atoms with Crippen molar-refractivity contribution in [3.05, 3.63) is 72.6 Å². The lowest BCUT2D eigenvalue weighted by Gasteiger charge is -2.05. The fourth-order valence-electron chi connectivity index (χ4n) is 2.05. The molecular formula is C18H15N3. The van der Waals surface area contributed by atoms with Crippen LogP contribution in [-0.4, -0.2) is 15.0 Å². The molecule has 1 heterocycles. The zero-order valence-corrected chi connectivity index (χ0v) is 11.8. The number of benzene rings is 2. The zero-order valence-electron chi connectivity index (χ0n) is 11.8. The van der Waals surface area contributed by atoms with Crippen molar-refractivity contribution in [2.45, 2.75) is 6.92 Å². The minimum absolute atomic E-state index is 0.671. The van der Waals surface area contributed by atoms with Crippen LogP contribution in [0, 0.1) is 0 Å². The van der Waals surface area contributed by atoms with Crippen molar-refractivity contribution in [2.75, 3.05) is 0 Å². The van der Waals surface area contributed by atoms with E-state index in [-0.39, 0.29) is 0 Å². The van der Waals surface area contributed by atoms with Gasteiger partial charge in [-0.1, -0.05) is 66.7 Å². The predicted molar refractivity (Wildman–Crippen MR) is 85.4 cm³/mol. The van der Waals surface area contributed by atoms with Crippen LogP contribution in [0.3, 0.4) is 0 Å². The predicted octanol–water partition coefficient (Wildman–Crippen LogP) is 4.24. The smallest absolute Gasteiger partial charge is 0.164 e. The normalized spacial score (nSPS) is 10.9. The molecule has 3 rings (SSSR count). The van der Waals surface area contributed by atoms with E-state index < -0.39 is 0 Å². The second-order valence-electron chi connectivity index (χ2n) is 4.57. The zero-order chi connectivity index (χ0) is 14.5. The van der Waals surface area contributed by atoms with Crippen molar-refractivity contribution in [3.63, 3.8) is 0 Å². The Labute approximate surface area is 124 Å². The van der Waals surface area contributed by atoms with E-state index in [1.165, 1.54) is 0 Å². The van der Waals surface area contributed by atoms with Crippen molar-refractivity contribution >= 4 is 6.08 Å². The molecule has 0 amide bonds. The van der Waals surface area contributed by atoms with E-state index in [9.17, 15) is 0 Å². The molecule has 21 heavy (non-hydrogen) atoms. The van der Waals surface area contributed by atoms with Gasteiger partial charge >= 0.3 is 0 Å². The SMILES string of the molecule is C/C=C/c1nc(-c2ccccc2)nc(-c2ccccc2)n1. The first-order chi connectivity index (χ1) is 10.4. The molecule has 3 nitrogen and oxygen atoms in total. The molecule has 3 heteroatoms. The number of rotatable bonds is 3. The van der Waals surface area contributed by atoms with E-state index in [4.69, 9.17) is 0 Å². The van der Waals surface area contributed by atoms with Gasteiger partial charge < -0.3 is 0 Å². The van der Waals surface area contributed by atoms with Gasteiger partial charge in [0, 0.05) is 11.1 Å². The van der Waals surface area contributed by atoms with Gasteiger partial charge in [-0.3, -0.25) is 0 Å². The molecule has 0 atom stereocenters. The third-order valence-electron chi connectivity index (χ3n) is 3.03. The van der Waals surface area contributed by atoms with Crippen LogP contribution in [0.1, 0.15) is 12.7 Å². The van der Waals surface area contributed by atoms with Gasteiger partial charge in [0.05, 0.1) is 0 Å². The lowest BCUT2D eigenvalue weighted by atomic mass is 10.2. The second-order valence-corrected chi connectivity index (χ2v) is 4.57. The maximum atomic E-state index is 4.60. The Hall–Kier alpha value is -2.81. The summed E-state index contributed by atoms with van der Waals surface area (Å²) in [5.74, 6) is 2.06. The highest BCUT2D eigenvalue weighted by molar-refractivity contribution is 5.62. The van der Waals surface area contributed by atoms with E-state index in [0.717, 1.165) is 11.1 Å². The average Bonchev–Trinajstić information content (AvgIpc) is 2.56. The minimum atomic E-state index is 0.671. The summed E-state index contributed by atoms with van der Waals surface area (Å²) < 4.78 is 0. The molecule has 102 valence electrons. The maximum Gasteiger partial charge on any atom is 0.164 e. The third-order valence-corrected chi connectivity index (χ3v) is 3.03. The van der Waals surface area contributed by atoms with Gasteiger partial charge in [-0.05, 0) is 13.0 Å². The van der Waals surface area contributed by atoms with Crippen molar-refractivity contribution < 1.29 is 0 Å². The summed E-state index contributed by atoms with van der Waals surface area (Å²) in [5.41, 5.74) is 1.98. The molecule has 3 aromatic rings. The Balaban J connectivity index is 2.15. The summed E-state index contributed by atoms with van der Waals surface area (Å²) in [6.45, 7) is 1.95. The third kappa shape index (κ3) is 3.03. The van der Waals surface area contributed by atoms with E-state index in [2.05, 4.69) is 15.0 Å². The van der Waals surface area contributed by atoms with Crippen molar-refractivity contribution in [2.24, 2.45) is 0 Å². The van der Waals surface area contributed by atoms with Crippen LogP contribution < -0.4 is 0 Å². The van der Waals surface area contributed by atoms with E-state index in [0.29, 0.717) is 17.5 Å². The number of nitrogens with zero attached hydrogens (tertiary/aromatic N) is 3. The van der Waals surface area contributed by atoms with Gasteiger partial charge in [-0.2, -0.15) is 0 Å². The van der Waals surface area contributed by atoms with Gasteiger partial charge in [0.2, 0.25) is 0 Å². The molecule has 0 saturated heterocycles. The fraction of sp³-hybridized carbons (Fsp3) is 0.0556. The topological polar surface area (TPSA) is 38.7 Å². The Kier molecular flexibility index (Phi) is 3.83. The Morgan fingerprint density at radius 3 is 1.57 bits per heavy atom. The molecule has 0 aliphatic rings.